The third kappa shape index (κ3) is 9.78. The Morgan fingerprint density at radius 1 is 0.583 bits per heavy atom. The van der Waals surface area contributed by atoms with Gasteiger partial charge in [0.2, 0.25) is 0 Å². The van der Waals surface area contributed by atoms with E-state index < -0.39 is 0 Å². The minimum atomic E-state index is 0. The Balaban J connectivity index is -0.000000270. The standard InChI is InChI=1S/C3H3N3S3.3K/c7-1-4-2(8)6-3(9)5-1;;;/h(H3,4,5,6,7,8,9);;;/q;3*+1/p-3. The molecule has 0 fully saturated rings. The first-order chi connectivity index (χ1) is 4.18. The van der Waals surface area contributed by atoms with Gasteiger partial charge in [-0.1, -0.05) is 0 Å². The quantitative estimate of drug-likeness (QED) is 0.349. The van der Waals surface area contributed by atoms with E-state index in [9.17, 15) is 0 Å². The second kappa shape index (κ2) is 12.0. The smallest absolute Gasteiger partial charge is 0.740 e. The Morgan fingerprint density at radius 2 is 0.750 bits per heavy atom. The Bertz CT molecular complexity index is 185. The first-order valence-corrected chi connectivity index (χ1v) is 3.18. The van der Waals surface area contributed by atoms with Crippen LogP contribution in [0.2, 0.25) is 0 Å². The van der Waals surface area contributed by atoms with E-state index in [-0.39, 0.29) is 170 Å². The molecule has 0 unspecified atom stereocenters. The molecule has 0 amide bonds. The number of rotatable bonds is 0. The first-order valence-electron chi connectivity index (χ1n) is 1.95. The number of aromatic nitrogens is 3. The second-order valence-corrected chi connectivity index (χ2v) is 2.28. The molecule has 0 N–H and O–H groups in total. The summed E-state index contributed by atoms with van der Waals surface area (Å²) in [6.45, 7) is 0. The molecule has 0 atom stereocenters. The molecule has 1 aromatic rings. The van der Waals surface area contributed by atoms with E-state index in [2.05, 4.69) is 52.8 Å². The summed E-state index contributed by atoms with van der Waals surface area (Å²) < 4.78 is 0. The van der Waals surface area contributed by atoms with Crippen LogP contribution in [0.4, 0.5) is 0 Å². The van der Waals surface area contributed by atoms with Crippen LogP contribution in [0.1, 0.15) is 0 Å². The maximum Gasteiger partial charge on any atom is 1.00 e. The fourth-order valence-corrected chi connectivity index (χ4v) is 1.01. The average Bonchev–Trinajstić information content (AvgIpc) is 1.59. The largest absolute Gasteiger partial charge is 1.00 e. The summed E-state index contributed by atoms with van der Waals surface area (Å²) in [5.41, 5.74) is 0. The molecule has 3 nitrogen and oxygen atoms in total. The van der Waals surface area contributed by atoms with Gasteiger partial charge in [-0.2, -0.15) is 0 Å². The van der Waals surface area contributed by atoms with Crippen molar-refractivity contribution < 1.29 is 154 Å². The van der Waals surface area contributed by atoms with Crippen LogP contribution in [0.3, 0.4) is 0 Å². The van der Waals surface area contributed by atoms with E-state index in [1.165, 1.54) is 0 Å². The summed E-state index contributed by atoms with van der Waals surface area (Å²) in [6.07, 6.45) is 0. The monoisotopic (exact) mass is 291 g/mol. The van der Waals surface area contributed by atoms with Crippen molar-refractivity contribution in [2.45, 2.75) is 15.5 Å². The molecule has 1 heterocycles. The molecule has 0 saturated heterocycles. The fourth-order valence-electron chi connectivity index (χ4n) is 0.320. The SMILES string of the molecule is [K+].[K+].[K+].[S-]c1nc([S-])nc([S-])n1. The molecule has 0 aliphatic heterocycles. The maximum atomic E-state index is 4.59. The summed E-state index contributed by atoms with van der Waals surface area (Å²) in [7, 11) is 0. The molecule has 0 aliphatic carbocycles. The van der Waals surface area contributed by atoms with Crippen LogP contribution < -0.4 is 154 Å². The number of nitrogens with zero attached hydrogens (tertiary/aromatic N) is 3. The van der Waals surface area contributed by atoms with Crippen molar-refractivity contribution in [3.8, 4) is 0 Å². The molecule has 0 bridgehead atoms. The molecule has 1 aromatic heterocycles. The molecule has 9 heteroatoms. The predicted molar refractivity (Wildman–Crippen MR) is 36.7 cm³/mol. The van der Waals surface area contributed by atoms with Gasteiger partial charge in [-0.05, 0) is 0 Å². The third-order valence-corrected chi connectivity index (χ3v) is 1.12. The molecular formula is C3K3N3S3. The Hall–Kier alpha value is 4.58. The van der Waals surface area contributed by atoms with Crippen molar-refractivity contribution in [2.24, 2.45) is 0 Å². The van der Waals surface area contributed by atoms with Crippen LogP contribution in [-0.4, -0.2) is 15.0 Å². The van der Waals surface area contributed by atoms with Crippen LogP contribution in [0.25, 0.3) is 0 Å². The van der Waals surface area contributed by atoms with Crippen molar-refractivity contribution >= 4 is 37.9 Å². The third-order valence-electron chi connectivity index (χ3n) is 0.574. The van der Waals surface area contributed by atoms with E-state index in [1.54, 1.807) is 0 Å². The summed E-state index contributed by atoms with van der Waals surface area (Å²) in [5, 5.41) is 0.500. The van der Waals surface area contributed by atoms with E-state index in [0.29, 0.717) is 0 Å². The molecule has 12 heavy (non-hydrogen) atoms. The Kier molecular flexibility index (Phi) is 21.9. The number of hydrogen-bond acceptors (Lipinski definition) is 6. The van der Waals surface area contributed by atoms with Gasteiger partial charge in [-0.15, -0.1) is 0 Å². The number of hydrogen-bond donors (Lipinski definition) is 0. The van der Waals surface area contributed by atoms with Gasteiger partial charge >= 0.3 is 154 Å². The molecule has 0 radical (unpaired) electrons. The molecule has 48 valence electrons. The van der Waals surface area contributed by atoms with E-state index in [0.717, 1.165) is 0 Å². The van der Waals surface area contributed by atoms with Crippen LogP contribution in [0.15, 0.2) is 15.5 Å². The van der Waals surface area contributed by atoms with Crippen molar-refractivity contribution in [1.82, 2.24) is 15.0 Å². The molecular weight excluding hydrogens is 292 g/mol. The van der Waals surface area contributed by atoms with Crippen molar-refractivity contribution in [2.75, 3.05) is 0 Å². The topological polar surface area (TPSA) is 38.7 Å². The van der Waals surface area contributed by atoms with E-state index in [4.69, 9.17) is 0 Å². The molecule has 1 rings (SSSR count). The minimum absolute atomic E-state index is 0. The molecule has 0 aromatic carbocycles. The Morgan fingerprint density at radius 3 is 0.917 bits per heavy atom. The normalized spacial score (nSPS) is 7.00. The first kappa shape index (κ1) is 21.8. The van der Waals surface area contributed by atoms with Gasteiger partial charge in [0.05, 0.1) is 0 Å². The Labute approximate surface area is 215 Å². The van der Waals surface area contributed by atoms with E-state index in [1.807, 2.05) is 0 Å². The maximum absolute atomic E-state index is 4.59. The summed E-state index contributed by atoms with van der Waals surface area (Å²) in [5.74, 6) is 0. The van der Waals surface area contributed by atoms with Crippen molar-refractivity contribution in [3.63, 3.8) is 0 Å². The predicted octanol–water partition coefficient (Wildman–Crippen LogP) is -9.40. The van der Waals surface area contributed by atoms with Gasteiger partial charge in [-0.3, -0.25) is 15.0 Å². The van der Waals surface area contributed by atoms with Gasteiger partial charge in [0.1, 0.15) is 0 Å². The minimum Gasteiger partial charge on any atom is -0.740 e. The summed E-state index contributed by atoms with van der Waals surface area (Å²) in [4.78, 5) is 10.7. The zero-order chi connectivity index (χ0) is 6.85. The summed E-state index contributed by atoms with van der Waals surface area (Å²) >= 11 is 13.8. The van der Waals surface area contributed by atoms with Gasteiger partial charge in [-0.25, -0.2) is 0 Å². The van der Waals surface area contributed by atoms with Crippen molar-refractivity contribution in [3.05, 3.63) is 0 Å². The second-order valence-electron chi connectivity index (χ2n) is 1.18. The zero-order valence-electron chi connectivity index (χ0n) is 7.07. The van der Waals surface area contributed by atoms with Gasteiger partial charge in [0, 0.05) is 15.5 Å². The molecule has 0 aliphatic rings. The van der Waals surface area contributed by atoms with Gasteiger partial charge < -0.3 is 37.9 Å². The average molecular weight is 292 g/mol. The molecule has 0 spiro atoms. The fraction of sp³-hybridized carbons (Fsp3) is 0. The van der Waals surface area contributed by atoms with Crippen LogP contribution in [0, 0.1) is 0 Å². The van der Waals surface area contributed by atoms with Crippen molar-refractivity contribution in [1.29, 1.82) is 0 Å². The van der Waals surface area contributed by atoms with Crippen LogP contribution in [-0.2, 0) is 37.9 Å². The zero-order valence-corrected chi connectivity index (χ0v) is 18.9. The van der Waals surface area contributed by atoms with E-state index >= 15 is 0 Å². The van der Waals surface area contributed by atoms with Gasteiger partial charge in [0.25, 0.3) is 0 Å². The summed E-state index contributed by atoms with van der Waals surface area (Å²) in [6, 6.07) is 0. The van der Waals surface area contributed by atoms with Gasteiger partial charge in [0.15, 0.2) is 0 Å². The molecule has 0 saturated carbocycles. The van der Waals surface area contributed by atoms with Crippen LogP contribution in [0.5, 0.6) is 0 Å². The van der Waals surface area contributed by atoms with Crippen LogP contribution >= 0.6 is 0 Å².